The van der Waals surface area contributed by atoms with Crippen LogP contribution in [-0.4, -0.2) is 25.5 Å². The molecule has 1 amide bonds. The Morgan fingerprint density at radius 2 is 2.05 bits per heavy atom. The molecule has 3 aromatic rings. The lowest BCUT2D eigenvalue weighted by atomic mass is 10.2. The van der Waals surface area contributed by atoms with Crippen LogP contribution in [0.1, 0.15) is 0 Å². The van der Waals surface area contributed by atoms with Crippen LogP contribution in [0.5, 0.6) is 5.75 Å². The largest absolute Gasteiger partial charge is 0.507 e. The third-order valence-corrected chi connectivity index (χ3v) is 4.39. The van der Waals surface area contributed by atoms with Crippen molar-refractivity contribution in [2.45, 2.75) is 4.90 Å². The summed E-state index contributed by atoms with van der Waals surface area (Å²) in [6.45, 7) is 0. The van der Waals surface area contributed by atoms with Crippen molar-refractivity contribution in [1.82, 2.24) is 8.75 Å². The minimum absolute atomic E-state index is 0.149. The zero-order valence-corrected chi connectivity index (χ0v) is 12.4. The summed E-state index contributed by atoms with van der Waals surface area (Å²) in [6.07, 6.45) is 0. The summed E-state index contributed by atoms with van der Waals surface area (Å²) in [5.74, 6) is 0.246. The Bertz CT molecular complexity index is 788. The molecule has 0 aliphatic rings. The number of anilines is 1. The summed E-state index contributed by atoms with van der Waals surface area (Å²) < 4.78 is 8.31. The van der Waals surface area contributed by atoms with E-state index in [4.69, 9.17) is 0 Å². The standard InChI is InChI=1S/C14H11N3O2S2/c18-11-6-1-2-7-12(11)20-8-13(19)15-9-4-3-5-10-14(9)17-21-16-10/h1-7,18H,8H2,(H,15,19). The second kappa shape index (κ2) is 6.11. The molecule has 3 rings (SSSR count). The fraction of sp³-hybridized carbons (Fsp3) is 0.0714. The molecule has 106 valence electrons. The third kappa shape index (κ3) is 3.14. The number of thioether (sulfide) groups is 1. The van der Waals surface area contributed by atoms with Gasteiger partial charge in [0.1, 0.15) is 16.8 Å². The summed E-state index contributed by atoms with van der Waals surface area (Å²) in [6, 6.07) is 12.4. The van der Waals surface area contributed by atoms with Crippen LogP contribution in [0.3, 0.4) is 0 Å². The third-order valence-electron chi connectivity index (χ3n) is 2.78. The van der Waals surface area contributed by atoms with Crippen molar-refractivity contribution < 1.29 is 9.90 Å². The average Bonchev–Trinajstić information content (AvgIpc) is 2.96. The van der Waals surface area contributed by atoms with Gasteiger partial charge in [-0.25, -0.2) is 0 Å². The first-order valence-corrected chi connectivity index (χ1v) is 7.87. The van der Waals surface area contributed by atoms with E-state index in [0.717, 1.165) is 17.2 Å². The van der Waals surface area contributed by atoms with Crippen LogP contribution >= 0.6 is 23.5 Å². The summed E-state index contributed by atoms with van der Waals surface area (Å²) in [5.41, 5.74) is 2.12. The van der Waals surface area contributed by atoms with Crippen LogP contribution < -0.4 is 5.32 Å². The minimum Gasteiger partial charge on any atom is -0.507 e. The van der Waals surface area contributed by atoms with E-state index in [9.17, 15) is 9.90 Å². The lowest BCUT2D eigenvalue weighted by Crippen LogP contribution is -2.14. The van der Waals surface area contributed by atoms with Crippen LogP contribution in [0.2, 0.25) is 0 Å². The van der Waals surface area contributed by atoms with E-state index in [2.05, 4.69) is 14.1 Å². The highest BCUT2D eigenvalue weighted by Crippen LogP contribution is 2.28. The minimum atomic E-state index is -0.149. The molecule has 0 aliphatic heterocycles. The second-order valence-electron chi connectivity index (χ2n) is 4.24. The summed E-state index contributed by atoms with van der Waals surface area (Å²) in [4.78, 5) is 12.7. The number of carbonyl (C=O) groups excluding carboxylic acids is 1. The molecule has 7 heteroatoms. The molecule has 0 aliphatic carbocycles. The molecule has 0 saturated heterocycles. The molecule has 2 aromatic carbocycles. The molecular weight excluding hydrogens is 306 g/mol. The number of hydrogen-bond donors (Lipinski definition) is 2. The van der Waals surface area contributed by atoms with Gasteiger partial charge in [-0.3, -0.25) is 4.79 Å². The normalized spacial score (nSPS) is 10.7. The fourth-order valence-corrected chi connectivity index (χ4v) is 3.11. The molecule has 0 radical (unpaired) electrons. The molecule has 0 saturated carbocycles. The SMILES string of the molecule is O=C(CSc1ccccc1O)Nc1cccc2nsnc12. The Morgan fingerprint density at radius 3 is 2.90 bits per heavy atom. The van der Waals surface area contributed by atoms with Crippen molar-refractivity contribution in [2.75, 3.05) is 11.1 Å². The van der Waals surface area contributed by atoms with Gasteiger partial charge in [0.2, 0.25) is 5.91 Å². The van der Waals surface area contributed by atoms with Gasteiger partial charge in [0.15, 0.2) is 0 Å². The number of para-hydroxylation sites is 1. The maximum Gasteiger partial charge on any atom is 0.234 e. The number of phenolic OH excluding ortho intramolecular Hbond substituents is 1. The predicted octanol–water partition coefficient (Wildman–Crippen LogP) is 3.13. The van der Waals surface area contributed by atoms with Crippen LogP contribution in [-0.2, 0) is 4.79 Å². The lowest BCUT2D eigenvalue weighted by molar-refractivity contribution is -0.113. The number of aromatic hydroxyl groups is 1. The number of phenols is 1. The maximum absolute atomic E-state index is 12.0. The number of nitrogens with zero attached hydrogens (tertiary/aromatic N) is 2. The maximum atomic E-state index is 12.0. The van der Waals surface area contributed by atoms with Crippen molar-refractivity contribution >= 4 is 46.1 Å². The van der Waals surface area contributed by atoms with Gasteiger partial charge in [-0.1, -0.05) is 18.2 Å². The Balaban J connectivity index is 1.67. The van der Waals surface area contributed by atoms with E-state index in [1.807, 2.05) is 18.2 Å². The van der Waals surface area contributed by atoms with Crippen molar-refractivity contribution in [3.05, 3.63) is 42.5 Å². The molecule has 0 bridgehead atoms. The number of nitrogens with one attached hydrogen (secondary N) is 1. The van der Waals surface area contributed by atoms with Gasteiger partial charge < -0.3 is 10.4 Å². The van der Waals surface area contributed by atoms with E-state index in [0.29, 0.717) is 16.1 Å². The lowest BCUT2D eigenvalue weighted by Gasteiger charge is -2.06. The highest BCUT2D eigenvalue weighted by atomic mass is 32.2. The number of amides is 1. The number of fused-ring (bicyclic) bond motifs is 1. The molecule has 21 heavy (non-hydrogen) atoms. The fourth-order valence-electron chi connectivity index (χ4n) is 1.82. The van der Waals surface area contributed by atoms with E-state index < -0.39 is 0 Å². The van der Waals surface area contributed by atoms with Crippen LogP contribution in [0, 0.1) is 0 Å². The van der Waals surface area contributed by atoms with Crippen LogP contribution in [0.25, 0.3) is 11.0 Å². The van der Waals surface area contributed by atoms with Crippen molar-refractivity contribution in [3.63, 3.8) is 0 Å². The first-order chi connectivity index (χ1) is 10.2. The Hall–Kier alpha value is -2.12. The quantitative estimate of drug-likeness (QED) is 0.723. The number of benzene rings is 2. The van der Waals surface area contributed by atoms with E-state index in [-0.39, 0.29) is 17.4 Å². The topological polar surface area (TPSA) is 75.1 Å². The molecule has 0 unspecified atom stereocenters. The second-order valence-corrected chi connectivity index (χ2v) is 5.79. The molecule has 2 N–H and O–H groups in total. The Kier molecular flexibility index (Phi) is 4.03. The molecule has 1 aromatic heterocycles. The van der Waals surface area contributed by atoms with Crippen molar-refractivity contribution in [1.29, 1.82) is 0 Å². The predicted molar refractivity (Wildman–Crippen MR) is 84.9 cm³/mol. The van der Waals surface area contributed by atoms with E-state index in [1.165, 1.54) is 11.8 Å². The zero-order chi connectivity index (χ0) is 14.7. The van der Waals surface area contributed by atoms with Gasteiger partial charge in [-0.15, -0.1) is 11.8 Å². The molecule has 5 nitrogen and oxygen atoms in total. The smallest absolute Gasteiger partial charge is 0.234 e. The van der Waals surface area contributed by atoms with Crippen LogP contribution in [0.4, 0.5) is 5.69 Å². The number of hydrogen-bond acceptors (Lipinski definition) is 6. The van der Waals surface area contributed by atoms with Gasteiger partial charge in [0.05, 0.1) is 23.2 Å². The highest BCUT2D eigenvalue weighted by Gasteiger charge is 2.10. The first-order valence-electron chi connectivity index (χ1n) is 6.16. The van der Waals surface area contributed by atoms with E-state index >= 15 is 0 Å². The molecule has 0 fully saturated rings. The summed E-state index contributed by atoms with van der Waals surface area (Å²) >= 11 is 2.40. The van der Waals surface area contributed by atoms with Gasteiger partial charge in [0, 0.05) is 4.90 Å². The van der Waals surface area contributed by atoms with Crippen LogP contribution in [0.15, 0.2) is 47.4 Å². The molecule has 1 heterocycles. The molecule has 0 spiro atoms. The number of carbonyl (C=O) groups is 1. The number of aromatic nitrogens is 2. The summed E-state index contributed by atoms with van der Waals surface area (Å²) in [5, 5.41) is 12.5. The first kappa shape index (κ1) is 13.8. The zero-order valence-electron chi connectivity index (χ0n) is 10.8. The monoisotopic (exact) mass is 317 g/mol. The Morgan fingerprint density at radius 1 is 1.19 bits per heavy atom. The summed E-state index contributed by atoms with van der Waals surface area (Å²) in [7, 11) is 0. The van der Waals surface area contributed by atoms with Gasteiger partial charge in [-0.2, -0.15) is 8.75 Å². The highest BCUT2D eigenvalue weighted by molar-refractivity contribution is 8.00. The average molecular weight is 317 g/mol. The van der Waals surface area contributed by atoms with Gasteiger partial charge in [0.25, 0.3) is 0 Å². The van der Waals surface area contributed by atoms with Gasteiger partial charge in [-0.05, 0) is 24.3 Å². The van der Waals surface area contributed by atoms with Crippen molar-refractivity contribution in [2.24, 2.45) is 0 Å². The molecular formula is C14H11N3O2S2. The van der Waals surface area contributed by atoms with Crippen molar-refractivity contribution in [3.8, 4) is 5.75 Å². The molecule has 0 atom stereocenters. The van der Waals surface area contributed by atoms with Gasteiger partial charge >= 0.3 is 0 Å². The van der Waals surface area contributed by atoms with E-state index in [1.54, 1.807) is 24.3 Å². The number of rotatable bonds is 4. The Labute approximate surface area is 129 Å².